The van der Waals surface area contributed by atoms with Crippen LogP contribution in [0.25, 0.3) is 0 Å². The molecule has 1 aromatic carbocycles. The van der Waals surface area contributed by atoms with Gasteiger partial charge in [-0.15, -0.1) is 0 Å². The molecule has 1 aromatic rings. The lowest BCUT2D eigenvalue weighted by atomic mass is 9.93. The van der Waals surface area contributed by atoms with Gasteiger partial charge in [-0.05, 0) is 43.9 Å². The Morgan fingerprint density at radius 1 is 1.27 bits per heavy atom. The van der Waals surface area contributed by atoms with Crippen LogP contribution in [0.2, 0.25) is 0 Å². The molecule has 1 atom stereocenters. The van der Waals surface area contributed by atoms with E-state index in [4.69, 9.17) is 9.84 Å². The van der Waals surface area contributed by atoms with Gasteiger partial charge in [0.05, 0.1) is 7.11 Å². The molecule has 1 saturated heterocycles. The third-order valence-corrected chi connectivity index (χ3v) is 3.96. The maximum absolute atomic E-state index is 12.4. The highest BCUT2D eigenvalue weighted by atomic mass is 16.5. The first-order valence-electron chi connectivity index (χ1n) is 7.38. The van der Waals surface area contributed by atoms with Crippen molar-refractivity contribution in [2.24, 2.45) is 0 Å². The van der Waals surface area contributed by atoms with Gasteiger partial charge in [-0.1, -0.05) is 12.1 Å². The predicted molar refractivity (Wildman–Crippen MR) is 81.7 cm³/mol. The largest absolute Gasteiger partial charge is 0.497 e. The van der Waals surface area contributed by atoms with Crippen LogP contribution in [0, 0.1) is 0 Å². The van der Waals surface area contributed by atoms with Gasteiger partial charge in [-0.25, -0.2) is 4.79 Å². The molecule has 1 aliphatic heterocycles. The summed E-state index contributed by atoms with van der Waals surface area (Å²) in [4.78, 5) is 25.5. The summed E-state index contributed by atoms with van der Waals surface area (Å²) < 4.78 is 5.11. The molecule has 1 heterocycles. The number of nitrogens with zero attached hydrogens (tertiary/aromatic N) is 1. The fourth-order valence-electron chi connectivity index (χ4n) is 2.53. The molecule has 0 spiro atoms. The molecule has 6 nitrogen and oxygen atoms in total. The molecule has 22 heavy (non-hydrogen) atoms. The summed E-state index contributed by atoms with van der Waals surface area (Å²) in [6.07, 6.45) is 1.60. The molecule has 2 N–H and O–H groups in total. The number of rotatable bonds is 7. The number of nitrogens with one attached hydrogen (secondary N) is 1. The number of hydrogen-bond donors (Lipinski definition) is 2. The van der Waals surface area contributed by atoms with Crippen LogP contribution in [0.3, 0.4) is 0 Å². The molecule has 1 unspecified atom stereocenters. The van der Waals surface area contributed by atoms with Crippen molar-refractivity contribution in [1.82, 2.24) is 10.2 Å². The fraction of sp³-hybridized carbons (Fsp3) is 0.500. The molecular weight excluding hydrogens is 284 g/mol. The smallest absolute Gasteiger partial charge is 0.325 e. The van der Waals surface area contributed by atoms with Crippen LogP contribution in [-0.4, -0.2) is 47.7 Å². The minimum absolute atomic E-state index is 0.0420. The summed E-state index contributed by atoms with van der Waals surface area (Å²) in [7, 11) is 1.61. The number of hydrogen-bond acceptors (Lipinski definition) is 4. The molecule has 1 fully saturated rings. The highest BCUT2D eigenvalue weighted by Crippen LogP contribution is 2.24. The number of carbonyl (C=O) groups excluding carboxylic acids is 2. The van der Waals surface area contributed by atoms with Gasteiger partial charge in [0, 0.05) is 13.2 Å². The van der Waals surface area contributed by atoms with Crippen LogP contribution in [0.15, 0.2) is 24.3 Å². The minimum atomic E-state index is -0.882. The van der Waals surface area contributed by atoms with Gasteiger partial charge in [0.25, 0.3) is 5.91 Å². The Morgan fingerprint density at radius 3 is 2.55 bits per heavy atom. The molecule has 0 aromatic heterocycles. The molecule has 0 saturated carbocycles. The summed E-state index contributed by atoms with van der Waals surface area (Å²) >= 11 is 0. The van der Waals surface area contributed by atoms with E-state index in [-0.39, 0.29) is 25.1 Å². The van der Waals surface area contributed by atoms with Crippen LogP contribution in [0.1, 0.15) is 25.3 Å². The molecule has 3 amide bonds. The first-order chi connectivity index (χ1) is 10.5. The lowest BCUT2D eigenvalue weighted by molar-refractivity contribution is -0.131. The standard InChI is InChI=1S/C16H22N2O4/c1-16(9-8-12-4-6-13(22-2)7-5-12)14(20)18(10-3-11-19)15(21)17-16/h4-7,19H,3,8-11H2,1-2H3,(H,17,21). The van der Waals surface area contributed by atoms with E-state index in [1.165, 1.54) is 4.90 Å². The molecule has 6 heteroatoms. The molecule has 0 aliphatic carbocycles. The van der Waals surface area contributed by atoms with E-state index in [0.29, 0.717) is 19.3 Å². The average Bonchev–Trinajstić information content (AvgIpc) is 2.74. The van der Waals surface area contributed by atoms with Crippen molar-refractivity contribution in [3.63, 3.8) is 0 Å². The van der Waals surface area contributed by atoms with Gasteiger partial charge in [-0.2, -0.15) is 0 Å². The number of benzene rings is 1. The van der Waals surface area contributed by atoms with E-state index < -0.39 is 5.54 Å². The quantitative estimate of drug-likeness (QED) is 0.745. The second-order valence-corrected chi connectivity index (χ2v) is 5.64. The SMILES string of the molecule is COc1ccc(CCC2(C)NC(=O)N(CCCO)C2=O)cc1. The fourth-order valence-corrected chi connectivity index (χ4v) is 2.53. The van der Waals surface area contributed by atoms with Crippen LogP contribution in [0.5, 0.6) is 5.75 Å². The van der Waals surface area contributed by atoms with E-state index in [1.807, 2.05) is 24.3 Å². The maximum atomic E-state index is 12.4. The van der Waals surface area contributed by atoms with Gasteiger partial charge >= 0.3 is 6.03 Å². The predicted octanol–water partition coefficient (Wildman–Crippen LogP) is 1.32. The van der Waals surface area contributed by atoms with E-state index in [2.05, 4.69) is 5.32 Å². The zero-order valence-corrected chi connectivity index (χ0v) is 13.0. The summed E-state index contributed by atoms with van der Waals surface area (Å²) in [6.45, 7) is 1.95. The van der Waals surface area contributed by atoms with Gasteiger partial charge < -0.3 is 15.2 Å². The highest BCUT2D eigenvalue weighted by Gasteiger charge is 2.46. The third-order valence-electron chi connectivity index (χ3n) is 3.96. The second-order valence-electron chi connectivity index (χ2n) is 5.64. The van der Waals surface area contributed by atoms with Crippen molar-refractivity contribution in [3.05, 3.63) is 29.8 Å². The number of methoxy groups -OCH3 is 1. The van der Waals surface area contributed by atoms with Crippen molar-refractivity contribution in [2.45, 2.75) is 31.7 Å². The number of aliphatic hydroxyl groups is 1. The number of amides is 3. The monoisotopic (exact) mass is 306 g/mol. The Balaban J connectivity index is 1.98. The summed E-state index contributed by atoms with van der Waals surface area (Å²) in [5, 5.41) is 11.6. The Bertz CT molecular complexity index is 544. The van der Waals surface area contributed by atoms with Crippen LogP contribution >= 0.6 is 0 Å². The molecule has 0 radical (unpaired) electrons. The van der Waals surface area contributed by atoms with Crippen molar-refractivity contribution >= 4 is 11.9 Å². The molecule has 0 bridgehead atoms. The topological polar surface area (TPSA) is 78.9 Å². The van der Waals surface area contributed by atoms with Gasteiger partial charge in [0.2, 0.25) is 0 Å². The lowest BCUT2D eigenvalue weighted by Crippen LogP contribution is -2.44. The van der Waals surface area contributed by atoms with E-state index in [1.54, 1.807) is 14.0 Å². The Labute approximate surface area is 130 Å². The molecule has 2 rings (SSSR count). The van der Waals surface area contributed by atoms with Crippen LogP contribution < -0.4 is 10.1 Å². The van der Waals surface area contributed by atoms with Crippen molar-refractivity contribution in [3.8, 4) is 5.75 Å². The number of aliphatic hydroxyl groups excluding tert-OH is 1. The van der Waals surface area contributed by atoms with Gasteiger partial charge in [-0.3, -0.25) is 9.69 Å². The van der Waals surface area contributed by atoms with Crippen LogP contribution in [0.4, 0.5) is 4.79 Å². The number of aryl methyl sites for hydroxylation is 1. The second kappa shape index (κ2) is 6.79. The summed E-state index contributed by atoms with van der Waals surface area (Å²) in [6, 6.07) is 7.27. The number of urea groups is 1. The first-order valence-corrected chi connectivity index (χ1v) is 7.38. The van der Waals surface area contributed by atoms with Crippen LogP contribution in [-0.2, 0) is 11.2 Å². The van der Waals surface area contributed by atoms with Gasteiger partial charge in [0.15, 0.2) is 0 Å². The Kier molecular flexibility index (Phi) is 5.03. The highest BCUT2D eigenvalue weighted by molar-refractivity contribution is 6.06. The molecule has 120 valence electrons. The van der Waals surface area contributed by atoms with Crippen molar-refractivity contribution in [1.29, 1.82) is 0 Å². The average molecular weight is 306 g/mol. The van der Waals surface area contributed by atoms with Crippen molar-refractivity contribution < 1.29 is 19.4 Å². The lowest BCUT2D eigenvalue weighted by Gasteiger charge is -2.21. The maximum Gasteiger partial charge on any atom is 0.325 e. The molecule has 1 aliphatic rings. The van der Waals surface area contributed by atoms with Gasteiger partial charge in [0.1, 0.15) is 11.3 Å². The van der Waals surface area contributed by atoms with E-state index in [0.717, 1.165) is 11.3 Å². The summed E-state index contributed by atoms with van der Waals surface area (Å²) in [5.74, 6) is 0.565. The number of ether oxygens (including phenoxy) is 1. The third kappa shape index (κ3) is 3.39. The first kappa shape index (κ1) is 16.3. The number of imide groups is 1. The number of carbonyl (C=O) groups is 2. The van der Waals surface area contributed by atoms with Crippen molar-refractivity contribution in [2.75, 3.05) is 20.3 Å². The Hall–Kier alpha value is -2.08. The zero-order chi connectivity index (χ0) is 16.2. The summed E-state index contributed by atoms with van der Waals surface area (Å²) in [5.41, 5.74) is 0.199. The van der Waals surface area contributed by atoms with E-state index in [9.17, 15) is 9.59 Å². The Morgan fingerprint density at radius 2 is 1.95 bits per heavy atom. The minimum Gasteiger partial charge on any atom is -0.497 e. The zero-order valence-electron chi connectivity index (χ0n) is 13.0. The normalized spacial score (nSPS) is 21.1. The molecular formula is C16H22N2O4. The van der Waals surface area contributed by atoms with E-state index >= 15 is 0 Å².